The molecule has 0 amide bonds. The van der Waals surface area contributed by atoms with E-state index in [9.17, 15) is 0 Å². The zero-order valence-corrected chi connectivity index (χ0v) is 14.9. The number of thioether (sulfide) groups is 1. The third-order valence-electron chi connectivity index (χ3n) is 3.31. The summed E-state index contributed by atoms with van der Waals surface area (Å²) >= 11 is 13.7. The predicted molar refractivity (Wildman–Crippen MR) is 96.6 cm³/mol. The third-order valence-corrected chi connectivity index (χ3v) is 5.04. The average Bonchev–Trinajstić information content (AvgIpc) is 2.54. The van der Waals surface area contributed by atoms with Gasteiger partial charge in [0.05, 0.1) is 17.2 Å². The molecule has 0 aliphatic carbocycles. The molecule has 1 N–H and O–H groups in total. The minimum Gasteiger partial charge on any atom is -0.497 e. The highest BCUT2D eigenvalue weighted by molar-refractivity contribution is 7.99. The average molecular weight is 356 g/mol. The Bertz CT molecular complexity index is 621. The molecule has 0 aromatic heterocycles. The van der Waals surface area contributed by atoms with E-state index >= 15 is 0 Å². The highest BCUT2D eigenvalue weighted by Gasteiger charge is 2.06. The molecule has 2 aromatic rings. The van der Waals surface area contributed by atoms with Crippen LogP contribution in [0.2, 0.25) is 10.0 Å². The van der Waals surface area contributed by atoms with Crippen LogP contribution in [0.3, 0.4) is 0 Å². The van der Waals surface area contributed by atoms with E-state index in [0.717, 1.165) is 22.9 Å². The molecule has 0 unspecified atom stereocenters. The number of hydrogen-bond acceptors (Lipinski definition) is 3. The summed E-state index contributed by atoms with van der Waals surface area (Å²) in [5.74, 6) is 1.85. The molecule has 0 heterocycles. The van der Waals surface area contributed by atoms with Gasteiger partial charge in [-0.1, -0.05) is 35.3 Å². The summed E-state index contributed by atoms with van der Waals surface area (Å²) in [6.07, 6.45) is 0. The van der Waals surface area contributed by atoms with Crippen molar-refractivity contribution in [1.29, 1.82) is 0 Å². The van der Waals surface area contributed by atoms with E-state index in [-0.39, 0.29) is 6.04 Å². The molecule has 0 aliphatic rings. The van der Waals surface area contributed by atoms with Crippen LogP contribution in [0.25, 0.3) is 0 Å². The Kier molecular flexibility index (Phi) is 6.90. The van der Waals surface area contributed by atoms with Crippen molar-refractivity contribution in [1.82, 2.24) is 5.32 Å². The first-order valence-electron chi connectivity index (χ1n) is 7.05. The molecule has 0 fully saturated rings. The summed E-state index contributed by atoms with van der Waals surface area (Å²) in [4.78, 5) is 1.13. The van der Waals surface area contributed by atoms with Crippen molar-refractivity contribution in [3.63, 3.8) is 0 Å². The van der Waals surface area contributed by atoms with E-state index in [4.69, 9.17) is 27.9 Å². The van der Waals surface area contributed by atoms with Crippen molar-refractivity contribution < 1.29 is 4.74 Å². The van der Waals surface area contributed by atoms with Gasteiger partial charge in [0, 0.05) is 23.2 Å². The van der Waals surface area contributed by atoms with Crippen LogP contribution in [0.4, 0.5) is 0 Å². The Morgan fingerprint density at radius 2 is 1.95 bits per heavy atom. The van der Waals surface area contributed by atoms with Crippen molar-refractivity contribution in [2.45, 2.75) is 17.9 Å². The molecule has 0 saturated carbocycles. The van der Waals surface area contributed by atoms with Crippen molar-refractivity contribution in [3.8, 4) is 5.75 Å². The van der Waals surface area contributed by atoms with Gasteiger partial charge in [0.15, 0.2) is 0 Å². The number of halogens is 2. The van der Waals surface area contributed by atoms with Gasteiger partial charge in [0.25, 0.3) is 0 Å². The summed E-state index contributed by atoms with van der Waals surface area (Å²) in [5.41, 5.74) is 1.22. The Morgan fingerprint density at radius 1 is 1.14 bits per heavy atom. The van der Waals surface area contributed by atoms with Gasteiger partial charge in [-0.25, -0.2) is 0 Å². The highest BCUT2D eigenvalue weighted by atomic mass is 35.5. The Morgan fingerprint density at radius 3 is 2.68 bits per heavy atom. The second kappa shape index (κ2) is 8.68. The molecular weight excluding hydrogens is 337 g/mol. The van der Waals surface area contributed by atoms with Crippen molar-refractivity contribution in [2.24, 2.45) is 0 Å². The standard InChI is InChI=1S/C17H19Cl2NOS/c1-12(13-4-3-5-14(10-13)21-2)20-8-9-22-15-6-7-16(18)17(19)11-15/h3-7,10-12,20H,8-9H2,1-2H3/t12-/m1/s1. The lowest BCUT2D eigenvalue weighted by molar-refractivity contribution is 0.413. The Balaban J connectivity index is 1.79. The molecule has 2 rings (SSSR count). The first kappa shape index (κ1) is 17.5. The largest absolute Gasteiger partial charge is 0.497 e. The third kappa shape index (κ3) is 5.10. The Hall–Kier alpha value is -0.870. The minimum atomic E-state index is 0.282. The topological polar surface area (TPSA) is 21.3 Å². The van der Waals surface area contributed by atoms with Gasteiger partial charge in [-0.05, 0) is 42.8 Å². The number of ether oxygens (including phenoxy) is 1. The lowest BCUT2D eigenvalue weighted by Crippen LogP contribution is -2.21. The molecule has 0 bridgehead atoms. The number of nitrogens with one attached hydrogen (secondary N) is 1. The SMILES string of the molecule is COc1cccc([C@@H](C)NCCSc2ccc(Cl)c(Cl)c2)c1. The fourth-order valence-electron chi connectivity index (χ4n) is 2.04. The predicted octanol–water partition coefficient (Wildman–Crippen LogP) is 5.44. The van der Waals surface area contributed by atoms with E-state index < -0.39 is 0 Å². The zero-order chi connectivity index (χ0) is 15.9. The maximum absolute atomic E-state index is 6.01. The quantitative estimate of drug-likeness (QED) is 0.527. The summed E-state index contributed by atoms with van der Waals surface area (Å²) in [5, 5.41) is 4.71. The molecule has 2 nitrogen and oxygen atoms in total. The maximum atomic E-state index is 6.01. The number of hydrogen-bond donors (Lipinski definition) is 1. The van der Waals surface area contributed by atoms with Gasteiger partial charge < -0.3 is 10.1 Å². The van der Waals surface area contributed by atoms with Crippen LogP contribution in [-0.4, -0.2) is 19.4 Å². The molecule has 0 spiro atoms. The number of rotatable bonds is 7. The van der Waals surface area contributed by atoms with Crippen LogP contribution in [0.1, 0.15) is 18.5 Å². The van der Waals surface area contributed by atoms with Crippen LogP contribution in [0.15, 0.2) is 47.4 Å². The van der Waals surface area contributed by atoms with E-state index in [1.165, 1.54) is 5.56 Å². The van der Waals surface area contributed by atoms with Gasteiger partial charge in [-0.3, -0.25) is 0 Å². The van der Waals surface area contributed by atoms with E-state index in [1.54, 1.807) is 18.9 Å². The fourth-order valence-corrected chi connectivity index (χ4v) is 3.22. The van der Waals surface area contributed by atoms with Crippen LogP contribution < -0.4 is 10.1 Å². The van der Waals surface area contributed by atoms with Gasteiger partial charge >= 0.3 is 0 Å². The normalized spacial score (nSPS) is 12.2. The fraction of sp³-hybridized carbons (Fsp3) is 0.294. The first-order chi connectivity index (χ1) is 10.6. The number of methoxy groups -OCH3 is 1. The van der Waals surface area contributed by atoms with Crippen molar-refractivity contribution in [3.05, 3.63) is 58.1 Å². The van der Waals surface area contributed by atoms with E-state index in [2.05, 4.69) is 24.4 Å². The summed E-state index contributed by atoms with van der Waals surface area (Å²) in [7, 11) is 1.69. The Labute approximate surface area is 146 Å². The second-order valence-corrected chi connectivity index (χ2v) is 6.86. The molecule has 0 radical (unpaired) electrons. The minimum absolute atomic E-state index is 0.282. The highest BCUT2D eigenvalue weighted by Crippen LogP contribution is 2.27. The smallest absolute Gasteiger partial charge is 0.119 e. The zero-order valence-electron chi connectivity index (χ0n) is 12.6. The van der Waals surface area contributed by atoms with Crippen molar-refractivity contribution in [2.75, 3.05) is 19.4 Å². The monoisotopic (exact) mass is 355 g/mol. The van der Waals surface area contributed by atoms with Crippen LogP contribution >= 0.6 is 35.0 Å². The van der Waals surface area contributed by atoms with Gasteiger partial charge in [0.1, 0.15) is 5.75 Å². The summed E-state index contributed by atoms with van der Waals surface area (Å²) in [6, 6.07) is 14.1. The molecule has 118 valence electrons. The number of benzene rings is 2. The molecule has 5 heteroatoms. The van der Waals surface area contributed by atoms with Crippen LogP contribution in [0, 0.1) is 0 Å². The first-order valence-corrected chi connectivity index (χ1v) is 8.79. The maximum Gasteiger partial charge on any atom is 0.119 e. The van der Waals surface area contributed by atoms with Crippen LogP contribution in [0.5, 0.6) is 5.75 Å². The summed E-state index contributed by atoms with van der Waals surface area (Å²) < 4.78 is 5.25. The molecular formula is C17H19Cl2NOS. The summed E-state index contributed by atoms with van der Waals surface area (Å²) in [6.45, 7) is 3.06. The van der Waals surface area contributed by atoms with Crippen molar-refractivity contribution >= 4 is 35.0 Å². The molecule has 0 saturated heterocycles. The lowest BCUT2D eigenvalue weighted by Gasteiger charge is -2.15. The van der Waals surface area contributed by atoms with Gasteiger partial charge in [-0.15, -0.1) is 11.8 Å². The van der Waals surface area contributed by atoms with Crippen LogP contribution in [-0.2, 0) is 0 Å². The van der Waals surface area contributed by atoms with E-state index in [0.29, 0.717) is 10.0 Å². The molecule has 22 heavy (non-hydrogen) atoms. The molecule has 2 aromatic carbocycles. The van der Waals surface area contributed by atoms with Gasteiger partial charge in [0.2, 0.25) is 0 Å². The molecule has 0 aliphatic heterocycles. The van der Waals surface area contributed by atoms with Gasteiger partial charge in [-0.2, -0.15) is 0 Å². The van der Waals surface area contributed by atoms with E-state index in [1.807, 2.05) is 30.3 Å². The molecule has 1 atom stereocenters. The second-order valence-electron chi connectivity index (χ2n) is 4.88. The lowest BCUT2D eigenvalue weighted by atomic mass is 10.1.